The van der Waals surface area contributed by atoms with E-state index in [-0.39, 0.29) is 69.2 Å². The van der Waals surface area contributed by atoms with Gasteiger partial charge in [0.2, 0.25) is 0 Å². The maximum Gasteiger partial charge on any atom is 1.00 e. The first kappa shape index (κ1) is 18.0. The maximum absolute atomic E-state index is 12.4. The molecule has 1 aromatic rings. The molecule has 0 heterocycles. The summed E-state index contributed by atoms with van der Waals surface area (Å²) in [5.74, 6) is 0. The predicted octanol–water partition coefficient (Wildman–Crippen LogP) is 0.329. The summed E-state index contributed by atoms with van der Waals surface area (Å²) < 4.78 is 37.2. The molecule has 0 spiro atoms. The summed E-state index contributed by atoms with van der Waals surface area (Å²) in [5, 5.41) is 3.31. The molecule has 0 bridgehead atoms. The number of hydrogen-bond acceptors (Lipinski definition) is 2. The summed E-state index contributed by atoms with van der Waals surface area (Å²) in [5.41, 5.74) is 15.1. The molecule has 0 saturated heterocycles. The molecule has 0 aliphatic heterocycles. The summed E-state index contributed by atoms with van der Waals surface area (Å²) in [6.45, 7) is -3.23. The van der Waals surface area contributed by atoms with Crippen LogP contribution < -0.4 is 57.1 Å². The summed E-state index contributed by atoms with van der Waals surface area (Å²) in [4.78, 5) is 2.56. The van der Waals surface area contributed by atoms with Crippen molar-refractivity contribution in [2.45, 2.75) is 19.8 Å². The molecule has 0 unspecified atom stereocenters. The Morgan fingerprint density at radius 2 is 1.89 bits per heavy atom. The van der Waals surface area contributed by atoms with Crippen LogP contribution in [0.2, 0.25) is 0 Å². The standard InChI is InChI=1S/C9H11BF3N4.K/c1-6-7(4-10(11,12)13)2-9(16-17-15)3-8(6)5-14;/h2-3H,4-5,14H2,1H3;/q-1;+1. The van der Waals surface area contributed by atoms with E-state index >= 15 is 0 Å². The molecule has 0 aliphatic carbocycles. The van der Waals surface area contributed by atoms with Gasteiger partial charge >= 0.3 is 58.4 Å². The summed E-state index contributed by atoms with van der Waals surface area (Å²) in [6, 6.07) is 2.76. The molecule has 9 heteroatoms. The van der Waals surface area contributed by atoms with Crippen molar-refractivity contribution in [3.05, 3.63) is 39.3 Å². The Morgan fingerprint density at radius 1 is 1.33 bits per heavy atom. The number of nitrogens with two attached hydrogens (primary N) is 1. The fraction of sp³-hybridized carbons (Fsp3) is 0.333. The van der Waals surface area contributed by atoms with E-state index in [1.807, 2.05) is 0 Å². The van der Waals surface area contributed by atoms with E-state index in [1.165, 1.54) is 12.1 Å². The number of rotatable bonds is 4. The van der Waals surface area contributed by atoms with E-state index in [2.05, 4.69) is 10.0 Å². The van der Waals surface area contributed by atoms with Crippen LogP contribution in [0.5, 0.6) is 0 Å². The van der Waals surface area contributed by atoms with Crippen LogP contribution in [0.25, 0.3) is 10.4 Å². The first-order valence-corrected chi connectivity index (χ1v) is 4.96. The van der Waals surface area contributed by atoms with Crippen LogP contribution in [0.4, 0.5) is 18.6 Å². The molecule has 0 saturated carbocycles. The minimum absolute atomic E-state index is 0. The molecule has 92 valence electrons. The molecule has 0 fully saturated rings. The predicted molar refractivity (Wildman–Crippen MR) is 60.7 cm³/mol. The van der Waals surface area contributed by atoms with Crippen LogP contribution in [-0.4, -0.2) is 6.98 Å². The van der Waals surface area contributed by atoms with Crippen molar-refractivity contribution in [3.8, 4) is 0 Å². The van der Waals surface area contributed by atoms with Crippen molar-refractivity contribution >= 4 is 12.7 Å². The van der Waals surface area contributed by atoms with Gasteiger partial charge in [-0.1, -0.05) is 23.1 Å². The molecule has 0 aromatic heterocycles. The average molecular weight is 282 g/mol. The van der Waals surface area contributed by atoms with Gasteiger partial charge in [-0.3, -0.25) is 0 Å². The van der Waals surface area contributed by atoms with Crippen LogP contribution in [0.1, 0.15) is 16.7 Å². The molecular formula is C9H11BF3KN4. The van der Waals surface area contributed by atoms with Gasteiger partial charge in [-0.05, 0) is 29.6 Å². The summed E-state index contributed by atoms with van der Waals surface area (Å²) in [7, 11) is 0. The third-order valence-electron chi connectivity index (χ3n) is 2.44. The Kier molecular flexibility index (Phi) is 7.53. The molecule has 0 amide bonds. The molecule has 2 N–H and O–H groups in total. The number of benzene rings is 1. The minimum Gasteiger partial charge on any atom is -0.449 e. The Labute approximate surface area is 145 Å². The zero-order valence-corrected chi connectivity index (χ0v) is 13.3. The second kappa shape index (κ2) is 7.54. The minimum atomic E-state index is -4.92. The third-order valence-corrected chi connectivity index (χ3v) is 2.44. The van der Waals surface area contributed by atoms with Gasteiger partial charge in [-0.15, -0.1) is 0 Å². The normalized spacial score (nSPS) is 10.5. The van der Waals surface area contributed by atoms with Gasteiger partial charge in [0.15, 0.2) is 0 Å². The van der Waals surface area contributed by atoms with Crippen LogP contribution in [0.3, 0.4) is 0 Å². The zero-order valence-electron chi connectivity index (χ0n) is 10.2. The van der Waals surface area contributed by atoms with Crippen molar-refractivity contribution < 1.29 is 64.3 Å². The molecule has 0 aliphatic rings. The van der Waals surface area contributed by atoms with Crippen LogP contribution in [0.15, 0.2) is 17.2 Å². The molecule has 1 rings (SSSR count). The van der Waals surface area contributed by atoms with Gasteiger partial charge in [-0.2, -0.15) is 0 Å². The number of hydrogen-bond donors (Lipinski definition) is 1. The van der Waals surface area contributed by atoms with Gasteiger partial charge in [0.05, 0.1) is 0 Å². The van der Waals surface area contributed by atoms with Crippen molar-refractivity contribution in [1.82, 2.24) is 0 Å². The second-order valence-electron chi connectivity index (χ2n) is 3.70. The van der Waals surface area contributed by atoms with Crippen molar-refractivity contribution in [3.63, 3.8) is 0 Å². The molecule has 18 heavy (non-hydrogen) atoms. The number of azide groups is 1. The Morgan fingerprint density at radius 3 is 2.33 bits per heavy atom. The van der Waals surface area contributed by atoms with E-state index in [4.69, 9.17) is 11.3 Å². The van der Waals surface area contributed by atoms with Gasteiger partial charge in [0, 0.05) is 17.1 Å². The largest absolute Gasteiger partial charge is 1.00 e. The van der Waals surface area contributed by atoms with Crippen LogP contribution in [-0.2, 0) is 12.9 Å². The maximum atomic E-state index is 12.4. The monoisotopic (exact) mass is 282 g/mol. The first-order chi connectivity index (χ1) is 7.87. The zero-order chi connectivity index (χ0) is 13.1. The van der Waals surface area contributed by atoms with Gasteiger partial charge < -0.3 is 18.7 Å². The Bertz CT molecular complexity index is 472. The molecule has 1 aromatic carbocycles. The molecule has 0 atom stereocenters. The molecular weight excluding hydrogens is 271 g/mol. The number of nitrogens with zero attached hydrogens (tertiary/aromatic N) is 3. The first-order valence-electron chi connectivity index (χ1n) is 4.96. The second-order valence-corrected chi connectivity index (χ2v) is 3.70. The van der Waals surface area contributed by atoms with Gasteiger partial charge in [-0.25, -0.2) is 0 Å². The van der Waals surface area contributed by atoms with Gasteiger partial charge in [0.25, 0.3) is 0 Å². The van der Waals surface area contributed by atoms with E-state index in [9.17, 15) is 12.9 Å². The van der Waals surface area contributed by atoms with Crippen LogP contribution in [0, 0.1) is 6.92 Å². The van der Waals surface area contributed by atoms with Crippen molar-refractivity contribution in [2.24, 2.45) is 10.8 Å². The van der Waals surface area contributed by atoms with E-state index in [1.54, 1.807) is 6.92 Å². The number of halogens is 3. The summed E-state index contributed by atoms with van der Waals surface area (Å²) >= 11 is 0. The van der Waals surface area contributed by atoms with E-state index in [0.29, 0.717) is 11.1 Å². The van der Waals surface area contributed by atoms with Crippen molar-refractivity contribution in [1.29, 1.82) is 0 Å². The average Bonchev–Trinajstić information content (AvgIpc) is 2.21. The van der Waals surface area contributed by atoms with E-state index in [0.717, 1.165) is 0 Å². The smallest absolute Gasteiger partial charge is 0.449 e. The van der Waals surface area contributed by atoms with Crippen molar-refractivity contribution in [2.75, 3.05) is 0 Å². The van der Waals surface area contributed by atoms with Crippen LogP contribution >= 0.6 is 0 Å². The third kappa shape index (κ3) is 5.31. The fourth-order valence-electron chi connectivity index (χ4n) is 1.60. The quantitative estimate of drug-likeness (QED) is 0.367. The topological polar surface area (TPSA) is 74.8 Å². The fourth-order valence-corrected chi connectivity index (χ4v) is 1.60. The SMILES string of the molecule is Cc1c(CN)cc(N=[N+]=[N-])cc1C[B-](F)(F)F.[K+]. The Hall–Kier alpha value is -0.0187. The summed E-state index contributed by atoms with van der Waals surface area (Å²) in [6.07, 6.45) is -0.992. The van der Waals surface area contributed by atoms with E-state index < -0.39 is 13.3 Å². The molecule has 4 nitrogen and oxygen atoms in total. The molecule has 0 radical (unpaired) electrons. The Balaban J connectivity index is 0.00000289. The van der Waals surface area contributed by atoms with Gasteiger partial charge in [0.1, 0.15) is 0 Å².